The first kappa shape index (κ1) is 17.2. The number of halogens is 1. The molecule has 3 aromatic rings. The maximum absolute atomic E-state index is 13.5. The molecule has 0 aliphatic heterocycles. The van der Waals surface area contributed by atoms with E-state index in [1.165, 1.54) is 17.8 Å². The van der Waals surface area contributed by atoms with Gasteiger partial charge < -0.3 is 14.3 Å². The van der Waals surface area contributed by atoms with E-state index < -0.39 is 0 Å². The molecule has 8 heteroatoms. The van der Waals surface area contributed by atoms with Crippen LogP contribution in [0.3, 0.4) is 0 Å². The van der Waals surface area contributed by atoms with Crippen LogP contribution >= 0.6 is 11.8 Å². The Morgan fingerprint density at radius 1 is 1.36 bits per heavy atom. The highest BCUT2D eigenvalue weighted by Crippen LogP contribution is 2.22. The van der Waals surface area contributed by atoms with E-state index in [0.717, 1.165) is 5.56 Å². The molecule has 2 heterocycles. The molecule has 1 N–H and O–H groups in total. The topological polar surface area (TPSA) is 73.0 Å². The van der Waals surface area contributed by atoms with Gasteiger partial charge >= 0.3 is 0 Å². The average Bonchev–Trinajstić information content (AvgIpc) is 3.24. The third kappa shape index (κ3) is 4.08. The van der Waals surface area contributed by atoms with E-state index >= 15 is 0 Å². The molecule has 0 spiro atoms. The van der Waals surface area contributed by atoms with Gasteiger partial charge in [0.1, 0.15) is 5.82 Å². The monoisotopic (exact) mass is 360 g/mol. The quantitative estimate of drug-likeness (QED) is 0.684. The molecule has 2 aromatic heterocycles. The zero-order valence-electron chi connectivity index (χ0n) is 13.8. The Balaban J connectivity index is 1.53. The number of hydrogen-bond acceptors (Lipinski definition) is 5. The molecule has 130 valence electrons. The maximum atomic E-state index is 13.5. The van der Waals surface area contributed by atoms with E-state index in [2.05, 4.69) is 15.5 Å². The first-order valence-corrected chi connectivity index (χ1v) is 8.61. The number of furan rings is 1. The Bertz CT molecular complexity index is 877. The van der Waals surface area contributed by atoms with E-state index in [1.807, 2.05) is 7.05 Å². The molecule has 0 saturated heterocycles. The molecule has 0 bridgehead atoms. The van der Waals surface area contributed by atoms with Crippen molar-refractivity contribution in [1.29, 1.82) is 0 Å². The normalized spacial score (nSPS) is 10.8. The van der Waals surface area contributed by atoms with Crippen molar-refractivity contribution in [3.63, 3.8) is 0 Å². The van der Waals surface area contributed by atoms with Crippen LogP contribution < -0.4 is 5.32 Å². The van der Waals surface area contributed by atoms with Crippen LogP contribution in [-0.2, 0) is 18.4 Å². The van der Waals surface area contributed by atoms with Gasteiger partial charge in [-0.1, -0.05) is 23.9 Å². The van der Waals surface area contributed by atoms with Gasteiger partial charge in [-0.05, 0) is 36.2 Å². The molecular formula is C17H17FN4O2S. The standard InChI is InChI=1S/C17H17FN4O2S/c1-11-5-6-12(8-13(11)18)9-19-15(23)10-25-17-21-20-16(22(17)2)14-4-3-7-24-14/h3-8H,9-10H2,1-2H3,(H,19,23). The van der Waals surface area contributed by atoms with Crippen molar-refractivity contribution in [2.45, 2.75) is 18.6 Å². The molecule has 0 saturated carbocycles. The van der Waals surface area contributed by atoms with E-state index in [4.69, 9.17) is 4.42 Å². The van der Waals surface area contributed by atoms with Gasteiger partial charge in [-0.25, -0.2) is 4.39 Å². The van der Waals surface area contributed by atoms with Gasteiger partial charge in [-0.3, -0.25) is 4.79 Å². The van der Waals surface area contributed by atoms with Crippen LogP contribution in [-0.4, -0.2) is 26.4 Å². The van der Waals surface area contributed by atoms with Crippen molar-refractivity contribution in [1.82, 2.24) is 20.1 Å². The highest BCUT2D eigenvalue weighted by molar-refractivity contribution is 7.99. The van der Waals surface area contributed by atoms with Crippen molar-refractivity contribution >= 4 is 17.7 Å². The zero-order chi connectivity index (χ0) is 17.8. The number of aromatic nitrogens is 3. The number of nitrogens with zero attached hydrogens (tertiary/aromatic N) is 3. The average molecular weight is 360 g/mol. The lowest BCUT2D eigenvalue weighted by molar-refractivity contribution is -0.118. The molecule has 1 amide bonds. The number of rotatable bonds is 6. The summed E-state index contributed by atoms with van der Waals surface area (Å²) in [6.45, 7) is 1.99. The summed E-state index contributed by atoms with van der Waals surface area (Å²) in [6.07, 6.45) is 1.57. The second-order valence-electron chi connectivity index (χ2n) is 5.49. The molecule has 6 nitrogen and oxygen atoms in total. The lowest BCUT2D eigenvalue weighted by Gasteiger charge is -2.06. The number of hydrogen-bond donors (Lipinski definition) is 1. The molecule has 3 rings (SSSR count). The SMILES string of the molecule is Cc1ccc(CNC(=O)CSc2nnc(-c3ccco3)n2C)cc1F. The van der Waals surface area contributed by atoms with Gasteiger partial charge in [0.05, 0.1) is 12.0 Å². The first-order valence-electron chi connectivity index (χ1n) is 7.62. The smallest absolute Gasteiger partial charge is 0.230 e. The van der Waals surface area contributed by atoms with Crippen molar-refractivity contribution in [2.75, 3.05) is 5.75 Å². The summed E-state index contributed by atoms with van der Waals surface area (Å²) in [6, 6.07) is 8.50. The first-order chi connectivity index (χ1) is 12.0. The summed E-state index contributed by atoms with van der Waals surface area (Å²) in [7, 11) is 1.81. The number of carbonyl (C=O) groups is 1. The number of aryl methyl sites for hydroxylation is 1. The number of carbonyl (C=O) groups excluding carboxylic acids is 1. The molecule has 0 fully saturated rings. The van der Waals surface area contributed by atoms with Crippen molar-refractivity contribution in [3.8, 4) is 11.6 Å². The highest BCUT2D eigenvalue weighted by Gasteiger charge is 2.14. The lowest BCUT2D eigenvalue weighted by atomic mass is 10.1. The summed E-state index contributed by atoms with van der Waals surface area (Å²) in [5.41, 5.74) is 1.31. The Kier molecular flexibility index (Phi) is 5.18. The summed E-state index contributed by atoms with van der Waals surface area (Å²) < 4.78 is 20.6. The fraction of sp³-hybridized carbons (Fsp3) is 0.235. The second kappa shape index (κ2) is 7.52. The molecule has 25 heavy (non-hydrogen) atoms. The van der Waals surface area contributed by atoms with Crippen LogP contribution in [0.2, 0.25) is 0 Å². The lowest BCUT2D eigenvalue weighted by Crippen LogP contribution is -2.24. The van der Waals surface area contributed by atoms with E-state index in [0.29, 0.717) is 22.3 Å². The van der Waals surface area contributed by atoms with Crippen LogP contribution in [0.5, 0.6) is 0 Å². The van der Waals surface area contributed by atoms with Gasteiger partial charge in [-0.15, -0.1) is 10.2 Å². The van der Waals surface area contributed by atoms with Crippen LogP contribution in [0.4, 0.5) is 4.39 Å². The molecule has 0 unspecified atom stereocenters. The summed E-state index contributed by atoms with van der Waals surface area (Å²) in [5, 5.41) is 11.5. The van der Waals surface area contributed by atoms with Crippen LogP contribution in [0, 0.1) is 12.7 Å². The van der Waals surface area contributed by atoms with Crippen LogP contribution in [0.15, 0.2) is 46.2 Å². The van der Waals surface area contributed by atoms with Gasteiger partial charge in [0.15, 0.2) is 16.7 Å². The molecule has 0 aliphatic rings. The Hall–Kier alpha value is -2.61. The summed E-state index contributed by atoms with van der Waals surface area (Å²) >= 11 is 1.28. The predicted molar refractivity (Wildman–Crippen MR) is 92.4 cm³/mol. The number of nitrogens with one attached hydrogen (secondary N) is 1. The Labute approximate surface area is 148 Å². The molecule has 0 radical (unpaired) electrons. The fourth-order valence-electron chi connectivity index (χ4n) is 2.19. The molecule has 0 aliphatic carbocycles. The molecule has 1 aromatic carbocycles. The second-order valence-corrected chi connectivity index (χ2v) is 6.43. The highest BCUT2D eigenvalue weighted by atomic mass is 32.2. The van der Waals surface area contributed by atoms with E-state index in [1.54, 1.807) is 42.0 Å². The maximum Gasteiger partial charge on any atom is 0.230 e. The van der Waals surface area contributed by atoms with Crippen molar-refractivity contribution in [3.05, 3.63) is 53.5 Å². The minimum Gasteiger partial charge on any atom is -0.461 e. The predicted octanol–water partition coefficient (Wildman–Crippen LogP) is 2.93. The summed E-state index contributed by atoms with van der Waals surface area (Å²) in [5.74, 6) is 0.980. The van der Waals surface area contributed by atoms with Crippen LogP contribution in [0.25, 0.3) is 11.6 Å². The minimum absolute atomic E-state index is 0.159. The number of benzene rings is 1. The van der Waals surface area contributed by atoms with Crippen molar-refractivity contribution in [2.24, 2.45) is 7.05 Å². The van der Waals surface area contributed by atoms with Gasteiger partial charge in [0.2, 0.25) is 5.91 Å². The van der Waals surface area contributed by atoms with E-state index in [9.17, 15) is 9.18 Å². The van der Waals surface area contributed by atoms with Crippen molar-refractivity contribution < 1.29 is 13.6 Å². The Morgan fingerprint density at radius 3 is 2.92 bits per heavy atom. The summed E-state index contributed by atoms with van der Waals surface area (Å²) in [4.78, 5) is 12.0. The fourth-order valence-corrected chi connectivity index (χ4v) is 2.93. The molecule has 0 atom stereocenters. The molecular weight excluding hydrogens is 343 g/mol. The third-order valence-electron chi connectivity index (χ3n) is 3.63. The largest absolute Gasteiger partial charge is 0.461 e. The number of thioether (sulfide) groups is 1. The zero-order valence-corrected chi connectivity index (χ0v) is 14.6. The van der Waals surface area contributed by atoms with Gasteiger partial charge in [0.25, 0.3) is 0 Å². The van der Waals surface area contributed by atoms with Gasteiger partial charge in [-0.2, -0.15) is 0 Å². The third-order valence-corrected chi connectivity index (χ3v) is 4.65. The Morgan fingerprint density at radius 2 is 2.20 bits per heavy atom. The van der Waals surface area contributed by atoms with E-state index in [-0.39, 0.29) is 24.0 Å². The number of amides is 1. The van der Waals surface area contributed by atoms with Gasteiger partial charge in [0, 0.05) is 13.6 Å². The minimum atomic E-state index is -0.273. The van der Waals surface area contributed by atoms with Crippen LogP contribution in [0.1, 0.15) is 11.1 Å².